The van der Waals surface area contributed by atoms with Crippen molar-refractivity contribution < 1.29 is 18.3 Å². The zero-order valence-corrected chi connectivity index (χ0v) is 9.01. The summed E-state index contributed by atoms with van der Waals surface area (Å²) in [5, 5.41) is 0. The first-order valence-corrected chi connectivity index (χ1v) is 4.94. The molecule has 0 saturated heterocycles. The molecule has 0 bridgehead atoms. The molecule has 1 aliphatic carbocycles. The molecule has 1 fully saturated rings. The van der Waals surface area contributed by atoms with E-state index in [1.807, 2.05) is 0 Å². The monoisotopic (exact) mass is 183 g/mol. The van der Waals surface area contributed by atoms with Gasteiger partial charge >= 0.3 is 54.9 Å². The van der Waals surface area contributed by atoms with Gasteiger partial charge in [0.2, 0.25) is 0 Å². The van der Waals surface area contributed by atoms with E-state index < -0.39 is 0 Å². The first kappa shape index (κ1) is 8.91. The minimum atomic E-state index is 0. The molecule has 0 aromatic heterocycles. The van der Waals surface area contributed by atoms with E-state index in [9.17, 15) is 0 Å². The fourth-order valence-corrected chi connectivity index (χ4v) is 2.40. The first-order valence-electron chi connectivity index (χ1n) is 3.22. The molecule has 0 amide bonds. The van der Waals surface area contributed by atoms with Gasteiger partial charge in [0, 0.05) is 0 Å². The van der Waals surface area contributed by atoms with Gasteiger partial charge in [0.15, 0.2) is 0 Å². The second-order valence-electron chi connectivity index (χ2n) is 2.50. The summed E-state index contributed by atoms with van der Waals surface area (Å²) >= 11 is 1.54. The van der Waals surface area contributed by atoms with Crippen LogP contribution in [0.4, 0.5) is 0 Å². The first-order chi connectivity index (χ1) is 3.39. The van der Waals surface area contributed by atoms with Gasteiger partial charge in [-0.3, -0.25) is 0 Å². The van der Waals surface area contributed by atoms with Crippen LogP contribution in [0.15, 0.2) is 0 Å². The Bertz CT molecular complexity index is 50.5. The second-order valence-corrected chi connectivity index (χ2v) is 4.93. The van der Waals surface area contributed by atoms with Gasteiger partial charge < -0.3 is 0 Å². The molecule has 0 heterocycles. The standard InChI is InChI=1S/C6H11.ClH.Zn/c1-2-4-6-5-3-1;;/h1H,2-6H2;1H;. The average Bonchev–Trinajstić information content (AvgIpc) is 1.69. The summed E-state index contributed by atoms with van der Waals surface area (Å²) in [6, 6.07) is 0. The molecular weight excluding hydrogens is 173 g/mol. The topological polar surface area (TPSA) is 0 Å². The number of hydrogen-bond donors (Lipinski definition) is 0. The molecule has 0 aromatic rings. The summed E-state index contributed by atoms with van der Waals surface area (Å²) < 4.78 is 1.16. The Hall–Kier alpha value is 0.913. The van der Waals surface area contributed by atoms with E-state index in [1.165, 1.54) is 19.3 Å². The quantitative estimate of drug-likeness (QED) is 0.509. The number of rotatable bonds is 0. The van der Waals surface area contributed by atoms with Gasteiger partial charge in [-0.25, -0.2) is 0 Å². The van der Waals surface area contributed by atoms with Crippen molar-refractivity contribution in [1.29, 1.82) is 0 Å². The molecule has 1 rings (SSSR count). The Morgan fingerprint density at radius 1 is 1.00 bits per heavy atom. The van der Waals surface area contributed by atoms with Crippen molar-refractivity contribution in [3.63, 3.8) is 0 Å². The summed E-state index contributed by atoms with van der Waals surface area (Å²) in [6.07, 6.45) is 7.63. The van der Waals surface area contributed by atoms with Crippen LogP contribution in [0.2, 0.25) is 4.51 Å². The Labute approximate surface area is 67.5 Å². The zero-order chi connectivity index (χ0) is 5.11. The van der Waals surface area contributed by atoms with Gasteiger partial charge in [-0.2, -0.15) is 0 Å². The van der Waals surface area contributed by atoms with E-state index in [0.717, 1.165) is 4.51 Å². The SMILES string of the molecule is Cl.[Zn][CH]1CCCCC1. The molecule has 1 aliphatic rings. The molecule has 1 saturated carbocycles. The van der Waals surface area contributed by atoms with Gasteiger partial charge in [0.25, 0.3) is 0 Å². The molecule has 0 atom stereocenters. The molecule has 0 N–H and O–H groups in total. The summed E-state index contributed by atoms with van der Waals surface area (Å²) in [4.78, 5) is 0. The normalized spacial score (nSPS) is 22.2. The van der Waals surface area contributed by atoms with Crippen molar-refractivity contribution in [1.82, 2.24) is 0 Å². The Kier molecular flexibility index (Phi) is 5.30. The van der Waals surface area contributed by atoms with Crippen LogP contribution in [0.5, 0.6) is 0 Å². The van der Waals surface area contributed by atoms with Crippen LogP contribution in [0.25, 0.3) is 0 Å². The van der Waals surface area contributed by atoms with E-state index in [4.69, 9.17) is 0 Å². The second kappa shape index (κ2) is 4.76. The van der Waals surface area contributed by atoms with Crippen LogP contribution in [-0.2, 0) is 18.3 Å². The fraction of sp³-hybridized carbons (Fsp3) is 1.00. The van der Waals surface area contributed by atoms with Crippen LogP contribution in [0.3, 0.4) is 0 Å². The maximum absolute atomic E-state index is 1.54. The third kappa shape index (κ3) is 3.04. The minimum absolute atomic E-state index is 0. The molecule has 0 nitrogen and oxygen atoms in total. The Balaban J connectivity index is 0.000000490. The zero-order valence-electron chi connectivity index (χ0n) is 5.23. The van der Waals surface area contributed by atoms with Crippen LogP contribution >= 0.6 is 12.4 Å². The summed E-state index contributed by atoms with van der Waals surface area (Å²) in [5.74, 6) is 0. The fourth-order valence-electron chi connectivity index (χ4n) is 1.19. The van der Waals surface area contributed by atoms with Crippen LogP contribution in [0, 0.1) is 0 Å². The summed E-state index contributed by atoms with van der Waals surface area (Å²) in [7, 11) is 0. The molecule has 2 heteroatoms. The predicted octanol–water partition coefficient (Wildman–Crippen LogP) is 2.71. The van der Waals surface area contributed by atoms with Crippen molar-refractivity contribution in [3.8, 4) is 0 Å². The average molecular weight is 185 g/mol. The Morgan fingerprint density at radius 3 is 1.75 bits per heavy atom. The van der Waals surface area contributed by atoms with Crippen molar-refractivity contribution >= 4 is 12.4 Å². The van der Waals surface area contributed by atoms with E-state index >= 15 is 0 Å². The Morgan fingerprint density at radius 2 is 1.50 bits per heavy atom. The maximum atomic E-state index is 1.54. The number of hydrogen-bond acceptors (Lipinski definition) is 0. The molecule has 0 unspecified atom stereocenters. The van der Waals surface area contributed by atoms with E-state index in [-0.39, 0.29) is 12.4 Å². The molecule has 0 spiro atoms. The van der Waals surface area contributed by atoms with Crippen molar-refractivity contribution in [2.24, 2.45) is 0 Å². The summed E-state index contributed by atoms with van der Waals surface area (Å²) in [5.41, 5.74) is 0. The van der Waals surface area contributed by atoms with Gasteiger partial charge in [0.05, 0.1) is 0 Å². The van der Waals surface area contributed by atoms with E-state index in [2.05, 4.69) is 0 Å². The van der Waals surface area contributed by atoms with Gasteiger partial charge in [0.1, 0.15) is 0 Å². The van der Waals surface area contributed by atoms with Crippen molar-refractivity contribution in [2.75, 3.05) is 0 Å². The van der Waals surface area contributed by atoms with Gasteiger partial charge in [-0.15, -0.1) is 12.4 Å². The molecule has 0 aliphatic heterocycles. The van der Waals surface area contributed by atoms with E-state index in [1.54, 1.807) is 31.1 Å². The number of halogens is 1. The molecule has 45 valence electrons. The third-order valence-corrected chi connectivity index (χ3v) is 3.44. The van der Waals surface area contributed by atoms with Gasteiger partial charge in [-0.1, -0.05) is 0 Å². The van der Waals surface area contributed by atoms with Crippen molar-refractivity contribution in [2.45, 2.75) is 36.6 Å². The molecule has 0 radical (unpaired) electrons. The predicted molar refractivity (Wildman–Crippen MR) is 34.1 cm³/mol. The third-order valence-electron chi connectivity index (χ3n) is 1.72. The van der Waals surface area contributed by atoms with E-state index in [0.29, 0.717) is 0 Å². The van der Waals surface area contributed by atoms with Gasteiger partial charge in [-0.05, 0) is 0 Å². The van der Waals surface area contributed by atoms with Crippen LogP contribution in [-0.4, -0.2) is 0 Å². The summed E-state index contributed by atoms with van der Waals surface area (Å²) in [6.45, 7) is 0. The van der Waals surface area contributed by atoms with Crippen molar-refractivity contribution in [3.05, 3.63) is 0 Å². The molecule has 0 aromatic carbocycles. The molecule has 8 heavy (non-hydrogen) atoms. The van der Waals surface area contributed by atoms with Crippen LogP contribution in [0.1, 0.15) is 32.1 Å². The molecular formula is C6H12ClZn. The van der Waals surface area contributed by atoms with Crippen LogP contribution < -0.4 is 0 Å².